The van der Waals surface area contributed by atoms with Gasteiger partial charge in [0.15, 0.2) is 0 Å². The number of ether oxygens (including phenoxy) is 1. The average molecular weight is 203 g/mol. The highest BCUT2D eigenvalue weighted by Crippen LogP contribution is 2.10. The second-order valence-corrected chi connectivity index (χ2v) is 3.30. The van der Waals surface area contributed by atoms with Crippen molar-refractivity contribution in [3.8, 4) is 6.07 Å². The second kappa shape index (κ2) is 5.16. The molecule has 0 radical (unpaired) electrons. The van der Waals surface area contributed by atoms with Crippen LogP contribution in [0.2, 0.25) is 0 Å². The lowest BCUT2D eigenvalue weighted by Gasteiger charge is -2.03. The summed E-state index contributed by atoms with van der Waals surface area (Å²) in [6.45, 7) is 4.06. The Kier molecular flexibility index (Phi) is 3.87. The molecular weight excluding hydrogens is 190 g/mol. The summed E-state index contributed by atoms with van der Waals surface area (Å²) in [4.78, 5) is 11.2. The number of benzene rings is 1. The van der Waals surface area contributed by atoms with Crippen molar-refractivity contribution in [3.05, 3.63) is 34.9 Å². The average Bonchev–Trinajstić information content (AvgIpc) is 2.17. The zero-order chi connectivity index (χ0) is 11.3. The minimum atomic E-state index is -0.257. The normalized spacial score (nSPS) is 9.40. The van der Waals surface area contributed by atoms with Gasteiger partial charge in [-0.15, -0.1) is 0 Å². The summed E-state index contributed by atoms with van der Waals surface area (Å²) in [5.41, 5.74) is 2.38. The van der Waals surface area contributed by atoms with E-state index in [0.717, 1.165) is 11.1 Å². The largest absolute Gasteiger partial charge is 0.466 e. The maximum Gasteiger partial charge on any atom is 0.310 e. The monoisotopic (exact) mass is 203 g/mol. The zero-order valence-electron chi connectivity index (χ0n) is 8.91. The molecule has 78 valence electrons. The van der Waals surface area contributed by atoms with Gasteiger partial charge in [-0.25, -0.2) is 0 Å². The van der Waals surface area contributed by atoms with Crippen molar-refractivity contribution >= 4 is 5.97 Å². The quantitative estimate of drug-likeness (QED) is 0.706. The molecule has 0 fully saturated rings. The van der Waals surface area contributed by atoms with E-state index < -0.39 is 0 Å². The highest BCUT2D eigenvalue weighted by molar-refractivity contribution is 5.72. The number of carbonyl (C=O) groups excluding carboxylic acids is 1. The molecule has 1 aromatic rings. The van der Waals surface area contributed by atoms with Gasteiger partial charge in [-0.05, 0) is 37.1 Å². The topological polar surface area (TPSA) is 50.1 Å². The fraction of sp³-hybridized carbons (Fsp3) is 0.333. The summed E-state index contributed by atoms with van der Waals surface area (Å²) >= 11 is 0. The van der Waals surface area contributed by atoms with Gasteiger partial charge in [0, 0.05) is 0 Å². The zero-order valence-corrected chi connectivity index (χ0v) is 8.91. The summed E-state index contributed by atoms with van der Waals surface area (Å²) in [6, 6.07) is 7.45. The molecule has 0 aromatic heterocycles. The van der Waals surface area contributed by atoms with Crippen LogP contribution in [0.5, 0.6) is 0 Å². The lowest BCUT2D eigenvalue weighted by molar-refractivity contribution is -0.142. The third-order valence-electron chi connectivity index (χ3n) is 1.92. The van der Waals surface area contributed by atoms with E-state index in [-0.39, 0.29) is 12.4 Å². The molecule has 0 saturated carbocycles. The molecule has 0 amide bonds. The maximum atomic E-state index is 11.2. The molecule has 0 aliphatic carbocycles. The molecule has 0 heterocycles. The Morgan fingerprint density at radius 1 is 1.47 bits per heavy atom. The van der Waals surface area contributed by atoms with Crippen molar-refractivity contribution in [2.75, 3.05) is 6.61 Å². The Hall–Kier alpha value is -1.82. The highest BCUT2D eigenvalue weighted by atomic mass is 16.5. The number of nitrogens with zero attached hydrogens (tertiary/aromatic N) is 1. The number of nitriles is 1. The molecule has 0 aliphatic heterocycles. The summed E-state index contributed by atoms with van der Waals surface area (Å²) in [6.07, 6.45) is 0.226. The van der Waals surface area contributed by atoms with Crippen LogP contribution in [0, 0.1) is 18.3 Å². The van der Waals surface area contributed by atoms with Crippen molar-refractivity contribution in [3.63, 3.8) is 0 Å². The molecule has 15 heavy (non-hydrogen) atoms. The van der Waals surface area contributed by atoms with E-state index in [1.54, 1.807) is 19.1 Å². The van der Waals surface area contributed by atoms with Gasteiger partial charge in [0.05, 0.1) is 24.7 Å². The van der Waals surface area contributed by atoms with Crippen molar-refractivity contribution in [2.45, 2.75) is 20.3 Å². The highest BCUT2D eigenvalue weighted by Gasteiger charge is 2.05. The van der Waals surface area contributed by atoms with Gasteiger partial charge in [0.2, 0.25) is 0 Å². The minimum Gasteiger partial charge on any atom is -0.466 e. The predicted molar refractivity (Wildman–Crippen MR) is 56.2 cm³/mol. The van der Waals surface area contributed by atoms with Crippen LogP contribution in [0.25, 0.3) is 0 Å². The van der Waals surface area contributed by atoms with Gasteiger partial charge in [0.1, 0.15) is 0 Å². The molecule has 0 bridgehead atoms. The van der Waals surface area contributed by atoms with Crippen molar-refractivity contribution in [2.24, 2.45) is 0 Å². The molecule has 0 N–H and O–H groups in total. The third-order valence-corrected chi connectivity index (χ3v) is 1.92. The van der Waals surface area contributed by atoms with E-state index in [4.69, 9.17) is 10.00 Å². The summed E-state index contributed by atoms with van der Waals surface area (Å²) < 4.78 is 4.84. The first kappa shape index (κ1) is 11.3. The Morgan fingerprint density at radius 2 is 2.20 bits per heavy atom. The Bertz CT molecular complexity index is 405. The van der Waals surface area contributed by atoms with E-state index in [2.05, 4.69) is 6.07 Å². The van der Waals surface area contributed by atoms with Gasteiger partial charge in [-0.2, -0.15) is 5.26 Å². The molecule has 1 rings (SSSR count). The van der Waals surface area contributed by atoms with Crippen LogP contribution in [0.15, 0.2) is 18.2 Å². The molecule has 0 saturated heterocycles. The van der Waals surface area contributed by atoms with Crippen LogP contribution in [0.4, 0.5) is 0 Å². The SMILES string of the molecule is CCOC(=O)Cc1cc(C)cc(C#N)c1. The fourth-order valence-corrected chi connectivity index (χ4v) is 1.41. The van der Waals surface area contributed by atoms with Gasteiger partial charge in [-0.3, -0.25) is 4.79 Å². The Labute approximate surface area is 89.3 Å². The van der Waals surface area contributed by atoms with E-state index in [1.165, 1.54) is 0 Å². The first-order valence-corrected chi connectivity index (χ1v) is 4.82. The van der Waals surface area contributed by atoms with Crippen LogP contribution in [-0.4, -0.2) is 12.6 Å². The smallest absolute Gasteiger partial charge is 0.310 e. The van der Waals surface area contributed by atoms with Crippen LogP contribution in [-0.2, 0) is 16.0 Å². The van der Waals surface area contributed by atoms with Crippen LogP contribution in [0.1, 0.15) is 23.6 Å². The molecular formula is C12H13NO2. The Balaban J connectivity index is 2.82. The van der Waals surface area contributed by atoms with E-state index in [1.807, 2.05) is 13.0 Å². The van der Waals surface area contributed by atoms with Crippen LogP contribution < -0.4 is 0 Å². The van der Waals surface area contributed by atoms with E-state index in [9.17, 15) is 4.79 Å². The molecule has 0 aliphatic rings. The van der Waals surface area contributed by atoms with Crippen molar-refractivity contribution in [1.29, 1.82) is 5.26 Å². The predicted octanol–water partition coefficient (Wildman–Crippen LogP) is 1.97. The fourth-order valence-electron chi connectivity index (χ4n) is 1.41. The lowest BCUT2D eigenvalue weighted by Crippen LogP contribution is -2.07. The van der Waals surface area contributed by atoms with Crippen LogP contribution >= 0.6 is 0 Å². The van der Waals surface area contributed by atoms with E-state index >= 15 is 0 Å². The van der Waals surface area contributed by atoms with E-state index in [0.29, 0.717) is 12.2 Å². The molecule has 0 spiro atoms. The second-order valence-electron chi connectivity index (χ2n) is 3.30. The van der Waals surface area contributed by atoms with Crippen molar-refractivity contribution < 1.29 is 9.53 Å². The molecule has 1 aromatic carbocycles. The van der Waals surface area contributed by atoms with Gasteiger partial charge < -0.3 is 4.74 Å². The number of aryl methyl sites for hydroxylation is 1. The molecule has 0 atom stereocenters. The van der Waals surface area contributed by atoms with Gasteiger partial charge in [0.25, 0.3) is 0 Å². The minimum absolute atomic E-state index is 0.226. The molecule has 0 unspecified atom stereocenters. The number of carbonyl (C=O) groups is 1. The first-order chi connectivity index (χ1) is 7.15. The number of hydrogen-bond donors (Lipinski definition) is 0. The number of esters is 1. The van der Waals surface area contributed by atoms with Crippen molar-refractivity contribution in [1.82, 2.24) is 0 Å². The Morgan fingerprint density at radius 3 is 2.80 bits per heavy atom. The van der Waals surface area contributed by atoms with Gasteiger partial charge in [-0.1, -0.05) is 6.07 Å². The third kappa shape index (κ3) is 3.43. The molecule has 3 heteroatoms. The van der Waals surface area contributed by atoms with Crippen LogP contribution in [0.3, 0.4) is 0 Å². The number of hydrogen-bond acceptors (Lipinski definition) is 3. The standard InChI is InChI=1S/C12H13NO2/c1-3-15-12(14)7-10-4-9(2)5-11(6-10)8-13/h4-6H,3,7H2,1-2H3. The number of rotatable bonds is 3. The van der Waals surface area contributed by atoms with Gasteiger partial charge >= 0.3 is 5.97 Å². The summed E-state index contributed by atoms with van der Waals surface area (Å²) in [5, 5.41) is 8.76. The first-order valence-electron chi connectivity index (χ1n) is 4.82. The maximum absolute atomic E-state index is 11.2. The summed E-state index contributed by atoms with van der Waals surface area (Å²) in [7, 11) is 0. The lowest BCUT2D eigenvalue weighted by atomic mass is 10.1. The molecule has 3 nitrogen and oxygen atoms in total. The summed E-state index contributed by atoms with van der Waals surface area (Å²) in [5.74, 6) is -0.257.